The van der Waals surface area contributed by atoms with Crippen LogP contribution < -0.4 is 4.90 Å². The monoisotopic (exact) mass is 216 g/mol. The first-order valence-corrected chi connectivity index (χ1v) is 5.57. The number of nitrogens with zero attached hydrogens (tertiary/aromatic N) is 2. The van der Waals surface area contributed by atoms with E-state index in [1.54, 1.807) is 0 Å². The molecular formula is C13H16N2O. The van der Waals surface area contributed by atoms with E-state index in [4.69, 9.17) is 11.3 Å². The number of hydrogen-bond acceptors (Lipinski definition) is 2. The van der Waals surface area contributed by atoms with Gasteiger partial charge < -0.3 is 9.64 Å². The van der Waals surface area contributed by atoms with E-state index in [0.717, 1.165) is 13.1 Å². The average Bonchev–Trinajstić information content (AvgIpc) is 2.28. The van der Waals surface area contributed by atoms with Crippen LogP contribution in [0.15, 0.2) is 24.3 Å². The van der Waals surface area contributed by atoms with Crippen molar-refractivity contribution >= 4 is 11.4 Å². The molecule has 0 aromatic heterocycles. The molecule has 0 radical (unpaired) electrons. The van der Waals surface area contributed by atoms with Gasteiger partial charge in [0.1, 0.15) is 0 Å². The predicted molar refractivity (Wildman–Crippen MR) is 64.9 cm³/mol. The van der Waals surface area contributed by atoms with Crippen molar-refractivity contribution in [2.45, 2.75) is 26.1 Å². The Morgan fingerprint density at radius 2 is 1.75 bits per heavy atom. The van der Waals surface area contributed by atoms with Gasteiger partial charge in [-0.3, -0.25) is 0 Å². The number of benzene rings is 1. The number of rotatable bonds is 1. The predicted octanol–water partition coefficient (Wildman–Crippen LogP) is 2.85. The lowest BCUT2D eigenvalue weighted by Crippen LogP contribution is -2.45. The first-order valence-electron chi connectivity index (χ1n) is 5.57. The lowest BCUT2D eigenvalue weighted by molar-refractivity contribution is -0.00521. The van der Waals surface area contributed by atoms with Crippen LogP contribution in [-0.4, -0.2) is 25.3 Å². The third kappa shape index (κ3) is 2.34. The summed E-state index contributed by atoms with van der Waals surface area (Å²) in [4.78, 5) is 5.71. The third-order valence-electron chi connectivity index (χ3n) is 2.76. The van der Waals surface area contributed by atoms with Crippen LogP contribution in [-0.2, 0) is 4.74 Å². The van der Waals surface area contributed by atoms with E-state index in [-0.39, 0.29) is 12.2 Å². The quantitative estimate of drug-likeness (QED) is 0.671. The molecule has 0 amide bonds. The Hall–Kier alpha value is -1.53. The highest BCUT2D eigenvalue weighted by Gasteiger charge is 2.21. The van der Waals surface area contributed by atoms with Gasteiger partial charge >= 0.3 is 0 Å². The Bertz CT molecular complexity index is 383. The number of anilines is 1. The number of hydrogen-bond donors (Lipinski definition) is 0. The van der Waals surface area contributed by atoms with Gasteiger partial charge in [0.25, 0.3) is 0 Å². The molecule has 1 heterocycles. The van der Waals surface area contributed by atoms with Gasteiger partial charge in [0.15, 0.2) is 5.69 Å². The van der Waals surface area contributed by atoms with Crippen molar-refractivity contribution in [1.29, 1.82) is 0 Å². The second kappa shape index (κ2) is 4.54. The lowest BCUT2D eigenvalue weighted by atomic mass is 10.2. The molecule has 2 unspecified atom stereocenters. The Balaban J connectivity index is 2.14. The van der Waals surface area contributed by atoms with E-state index in [9.17, 15) is 0 Å². The third-order valence-corrected chi connectivity index (χ3v) is 2.76. The summed E-state index contributed by atoms with van der Waals surface area (Å²) in [5.74, 6) is 0. The highest BCUT2D eigenvalue weighted by Crippen LogP contribution is 2.23. The van der Waals surface area contributed by atoms with Crippen molar-refractivity contribution in [3.63, 3.8) is 0 Å². The Morgan fingerprint density at radius 1 is 1.19 bits per heavy atom. The maximum absolute atomic E-state index is 6.91. The van der Waals surface area contributed by atoms with E-state index < -0.39 is 0 Å². The van der Waals surface area contributed by atoms with Crippen LogP contribution >= 0.6 is 0 Å². The minimum Gasteiger partial charge on any atom is -0.372 e. The lowest BCUT2D eigenvalue weighted by Gasteiger charge is -2.36. The van der Waals surface area contributed by atoms with Gasteiger partial charge in [-0.25, -0.2) is 4.85 Å². The zero-order valence-corrected chi connectivity index (χ0v) is 9.68. The largest absolute Gasteiger partial charge is 0.372 e. The van der Waals surface area contributed by atoms with Gasteiger partial charge in [-0.05, 0) is 26.0 Å². The van der Waals surface area contributed by atoms with Crippen LogP contribution in [0.25, 0.3) is 4.85 Å². The topological polar surface area (TPSA) is 16.8 Å². The maximum atomic E-state index is 6.91. The summed E-state index contributed by atoms with van der Waals surface area (Å²) < 4.78 is 5.69. The zero-order valence-electron chi connectivity index (χ0n) is 9.68. The van der Waals surface area contributed by atoms with Crippen LogP contribution in [0.4, 0.5) is 11.4 Å². The minimum absolute atomic E-state index is 0.268. The van der Waals surface area contributed by atoms with E-state index >= 15 is 0 Å². The molecule has 1 aromatic rings. The van der Waals surface area contributed by atoms with Crippen molar-refractivity contribution in [1.82, 2.24) is 0 Å². The molecule has 16 heavy (non-hydrogen) atoms. The Kier molecular flexibility index (Phi) is 3.12. The molecule has 1 aliphatic rings. The second-order valence-electron chi connectivity index (χ2n) is 4.29. The van der Waals surface area contributed by atoms with Gasteiger partial charge in [-0.2, -0.15) is 0 Å². The summed E-state index contributed by atoms with van der Waals surface area (Å²) >= 11 is 0. The molecule has 1 fully saturated rings. The highest BCUT2D eigenvalue weighted by atomic mass is 16.5. The highest BCUT2D eigenvalue weighted by molar-refractivity contribution is 5.55. The average molecular weight is 216 g/mol. The van der Waals surface area contributed by atoms with Crippen molar-refractivity contribution in [2.24, 2.45) is 0 Å². The van der Waals surface area contributed by atoms with E-state index in [1.807, 2.05) is 24.3 Å². The normalized spacial score (nSPS) is 25.2. The van der Waals surface area contributed by atoms with Crippen LogP contribution in [0, 0.1) is 6.57 Å². The smallest absolute Gasteiger partial charge is 0.187 e. The Labute approximate surface area is 96.5 Å². The van der Waals surface area contributed by atoms with Crippen molar-refractivity contribution in [2.75, 3.05) is 18.0 Å². The fourth-order valence-corrected chi connectivity index (χ4v) is 2.13. The van der Waals surface area contributed by atoms with E-state index in [2.05, 4.69) is 23.6 Å². The van der Waals surface area contributed by atoms with Gasteiger partial charge in [0.05, 0.1) is 18.8 Å². The zero-order chi connectivity index (χ0) is 11.5. The van der Waals surface area contributed by atoms with Crippen LogP contribution in [0.1, 0.15) is 13.8 Å². The molecule has 0 aliphatic carbocycles. The second-order valence-corrected chi connectivity index (χ2v) is 4.29. The molecule has 3 heteroatoms. The maximum Gasteiger partial charge on any atom is 0.187 e. The van der Waals surface area contributed by atoms with Gasteiger partial charge in [0.2, 0.25) is 0 Å². The molecule has 1 aromatic carbocycles. The van der Waals surface area contributed by atoms with Crippen molar-refractivity contribution in [3.05, 3.63) is 35.7 Å². The summed E-state index contributed by atoms with van der Waals surface area (Å²) in [6.07, 6.45) is 0.536. The Morgan fingerprint density at radius 3 is 2.25 bits per heavy atom. The van der Waals surface area contributed by atoms with Gasteiger partial charge in [0, 0.05) is 18.8 Å². The van der Waals surface area contributed by atoms with Crippen LogP contribution in [0.3, 0.4) is 0 Å². The standard InChI is InChI=1S/C13H16N2O/c1-10-8-15(9-11(2)16-10)13-6-4-12(14-3)5-7-13/h4-7,10-11H,8-9H2,1-2H3. The molecule has 2 rings (SSSR count). The van der Waals surface area contributed by atoms with Gasteiger partial charge in [-0.1, -0.05) is 12.1 Å². The fourth-order valence-electron chi connectivity index (χ4n) is 2.13. The molecule has 0 N–H and O–H groups in total. The summed E-state index contributed by atoms with van der Waals surface area (Å²) in [5.41, 5.74) is 1.87. The molecule has 84 valence electrons. The molecule has 3 nitrogen and oxygen atoms in total. The minimum atomic E-state index is 0.268. The summed E-state index contributed by atoms with van der Waals surface area (Å²) in [7, 11) is 0. The summed E-state index contributed by atoms with van der Waals surface area (Å²) in [5, 5.41) is 0. The summed E-state index contributed by atoms with van der Waals surface area (Å²) in [6, 6.07) is 7.76. The number of morpholine rings is 1. The molecule has 1 saturated heterocycles. The first-order chi connectivity index (χ1) is 7.69. The SMILES string of the molecule is [C-]#[N+]c1ccc(N2CC(C)OC(C)C2)cc1. The molecular weight excluding hydrogens is 200 g/mol. The van der Waals surface area contributed by atoms with E-state index in [0.29, 0.717) is 5.69 Å². The molecule has 1 aliphatic heterocycles. The van der Waals surface area contributed by atoms with Crippen LogP contribution in [0.2, 0.25) is 0 Å². The van der Waals surface area contributed by atoms with Crippen LogP contribution in [0.5, 0.6) is 0 Å². The molecule has 0 saturated carbocycles. The molecule has 2 atom stereocenters. The van der Waals surface area contributed by atoms with Gasteiger partial charge in [-0.15, -0.1) is 0 Å². The molecule has 0 spiro atoms. The van der Waals surface area contributed by atoms with Crippen molar-refractivity contribution < 1.29 is 4.74 Å². The fraction of sp³-hybridized carbons (Fsp3) is 0.462. The number of ether oxygens (including phenoxy) is 1. The van der Waals surface area contributed by atoms with E-state index in [1.165, 1.54) is 5.69 Å². The first kappa shape index (κ1) is 11.0. The summed E-state index contributed by atoms with van der Waals surface area (Å²) in [6.45, 7) is 12.9. The van der Waals surface area contributed by atoms with Crippen molar-refractivity contribution in [3.8, 4) is 0 Å². The molecule has 0 bridgehead atoms.